The van der Waals surface area contributed by atoms with E-state index in [0.29, 0.717) is 12.5 Å². The average Bonchev–Trinajstić information content (AvgIpc) is 2.92. The molecule has 0 radical (unpaired) electrons. The molecule has 4 N–H and O–H groups in total. The monoisotopic (exact) mass is 285 g/mol. The molecular formula is C11H19N5O2S. The number of rotatable bonds is 6. The Balaban J connectivity index is 1.89. The van der Waals surface area contributed by atoms with Crippen molar-refractivity contribution >= 4 is 16.0 Å². The first-order chi connectivity index (χ1) is 9.12. The average molecular weight is 285 g/mol. The largest absolute Gasteiger partial charge is 0.292 e. The zero-order chi connectivity index (χ0) is 13.7. The fourth-order valence-electron chi connectivity index (χ4n) is 2.31. The summed E-state index contributed by atoms with van der Waals surface area (Å²) in [5, 5.41) is 0. The third-order valence-electron chi connectivity index (χ3n) is 3.39. The molecule has 0 saturated heterocycles. The normalized spacial score (nSPS) is 16.7. The number of aromatic nitrogens is 2. The van der Waals surface area contributed by atoms with Crippen LogP contribution in [0.3, 0.4) is 0 Å². The molecule has 0 unspecified atom stereocenters. The Morgan fingerprint density at radius 1 is 1.26 bits per heavy atom. The summed E-state index contributed by atoms with van der Waals surface area (Å²) >= 11 is 0. The van der Waals surface area contributed by atoms with E-state index in [9.17, 15) is 8.42 Å². The molecule has 0 bridgehead atoms. The van der Waals surface area contributed by atoms with E-state index in [1.165, 1.54) is 38.1 Å². The van der Waals surface area contributed by atoms with Gasteiger partial charge < -0.3 is 0 Å². The number of sulfonamides is 1. The van der Waals surface area contributed by atoms with Crippen LogP contribution in [0.1, 0.15) is 32.1 Å². The Labute approximate surface area is 113 Å². The summed E-state index contributed by atoms with van der Waals surface area (Å²) in [5.41, 5.74) is 2.25. The van der Waals surface area contributed by atoms with E-state index >= 15 is 0 Å². The predicted octanol–water partition coefficient (Wildman–Crippen LogP) is 0.621. The third kappa shape index (κ3) is 3.85. The number of hydrazine groups is 1. The van der Waals surface area contributed by atoms with E-state index in [1.54, 1.807) is 0 Å². The van der Waals surface area contributed by atoms with Crippen molar-refractivity contribution in [2.75, 3.05) is 12.0 Å². The molecule has 7 nitrogen and oxygen atoms in total. The van der Waals surface area contributed by atoms with Crippen LogP contribution in [0.2, 0.25) is 0 Å². The van der Waals surface area contributed by atoms with Crippen molar-refractivity contribution < 1.29 is 8.42 Å². The number of hydrogen-bond donors (Lipinski definition) is 3. The minimum Gasteiger partial charge on any atom is -0.292 e. The maximum absolute atomic E-state index is 12.0. The van der Waals surface area contributed by atoms with E-state index in [1.807, 2.05) is 0 Å². The van der Waals surface area contributed by atoms with Gasteiger partial charge >= 0.3 is 0 Å². The predicted molar refractivity (Wildman–Crippen MR) is 71.6 cm³/mol. The molecule has 1 fully saturated rings. The Bertz CT molecular complexity index is 496. The SMILES string of the molecule is NNc1ncc(S(=O)(=O)NCCC2CCCC2)cn1. The van der Waals surface area contributed by atoms with E-state index in [4.69, 9.17) is 5.84 Å². The van der Waals surface area contributed by atoms with Crippen molar-refractivity contribution in [3.05, 3.63) is 12.4 Å². The van der Waals surface area contributed by atoms with E-state index < -0.39 is 10.0 Å². The molecule has 1 heterocycles. The second-order valence-corrected chi connectivity index (χ2v) is 6.49. The summed E-state index contributed by atoms with van der Waals surface area (Å²) in [6.45, 7) is 0.462. The Morgan fingerprint density at radius 3 is 2.47 bits per heavy atom. The van der Waals surface area contributed by atoms with Gasteiger partial charge in [-0.05, 0) is 12.3 Å². The summed E-state index contributed by atoms with van der Waals surface area (Å²) in [7, 11) is -3.52. The van der Waals surface area contributed by atoms with E-state index in [2.05, 4.69) is 20.1 Å². The topological polar surface area (TPSA) is 110 Å². The summed E-state index contributed by atoms with van der Waals surface area (Å²) in [5.74, 6) is 5.96. The number of nitrogen functional groups attached to an aromatic ring is 1. The molecule has 0 spiro atoms. The standard InChI is InChI=1S/C11H19N5O2S/c12-16-11-13-7-10(8-14-11)19(17,18)15-6-5-9-3-1-2-4-9/h7-9,15H,1-6,12H2,(H,13,14,16). The van der Waals surface area contributed by atoms with Gasteiger partial charge in [0.25, 0.3) is 0 Å². The van der Waals surface area contributed by atoms with Crippen LogP contribution < -0.4 is 16.0 Å². The van der Waals surface area contributed by atoms with Gasteiger partial charge in [0, 0.05) is 6.54 Å². The molecule has 8 heteroatoms. The van der Waals surface area contributed by atoms with Crippen LogP contribution in [-0.4, -0.2) is 24.9 Å². The maximum Gasteiger partial charge on any atom is 0.243 e. The highest BCUT2D eigenvalue weighted by Gasteiger charge is 2.18. The zero-order valence-electron chi connectivity index (χ0n) is 10.7. The van der Waals surface area contributed by atoms with Gasteiger partial charge in [-0.1, -0.05) is 25.7 Å². The lowest BCUT2D eigenvalue weighted by Crippen LogP contribution is -2.26. The van der Waals surface area contributed by atoms with Crippen molar-refractivity contribution in [3.63, 3.8) is 0 Å². The number of anilines is 1. The summed E-state index contributed by atoms with van der Waals surface area (Å²) < 4.78 is 26.5. The molecular weight excluding hydrogens is 266 g/mol. The molecule has 1 aromatic heterocycles. The fourth-order valence-corrected chi connectivity index (χ4v) is 3.25. The minimum atomic E-state index is -3.52. The Kier molecular flexibility index (Phi) is 4.67. The quantitative estimate of drug-likeness (QED) is 0.522. The fraction of sp³-hybridized carbons (Fsp3) is 0.636. The van der Waals surface area contributed by atoms with Gasteiger partial charge in [-0.15, -0.1) is 0 Å². The number of hydrogen-bond acceptors (Lipinski definition) is 6. The molecule has 106 valence electrons. The van der Waals surface area contributed by atoms with Gasteiger partial charge in [0.05, 0.1) is 12.4 Å². The highest BCUT2D eigenvalue weighted by atomic mass is 32.2. The molecule has 0 amide bonds. The van der Waals surface area contributed by atoms with Gasteiger partial charge in [-0.2, -0.15) is 0 Å². The molecule has 1 aliphatic carbocycles. The Hall–Kier alpha value is -1.25. The molecule has 19 heavy (non-hydrogen) atoms. The van der Waals surface area contributed by atoms with Gasteiger partial charge in [0.2, 0.25) is 16.0 Å². The third-order valence-corrected chi connectivity index (χ3v) is 4.80. The smallest absolute Gasteiger partial charge is 0.243 e. The first-order valence-corrected chi connectivity index (χ1v) is 7.88. The van der Waals surface area contributed by atoms with Crippen molar-refractivity contribution in [1.82, 2.24) is 14.7 Å². The lowest BCUT2D eigenvalue weighted by molar-refractivity contribution is 0.495. The van der Waals surface area contributed by atoms with Crippen LogP contribution in [0.5, 0.6) is 0 Å². The molecule has 0 aliphatic heterocycles. The lowest BCUT2D eigenvalue weighted by Gasteiger charge is -2.10. The second-order valence-electron chi connectivity index (χ2n) is 4.72. The van der Waals surface area contributed by atoms with Gasteiger partial charge in [0.1, 0.15) is 4.90 Å². The van der Waals surface area contributed by atoms with Crippen molar-refractivity contribution in [1.29, 1.82) is 0 Å². The highest BCUT2D eigenvalue weighted by Crippen LogP contribution is 2.27. The van der Waals surface area contributed by atoms with Crippen LogP contribution in [0.4, 0.5) is 5.95 Å². The van der Waals surface area contributed by atoms with Gasteiger partial charge in [-0.25, -0.2) is 29.0 Å². The van der Waals surface area contributed by atoms with Crippen molar-refractivity contribution in [2.45, 2.75) is 37.0 Å². The summed E-state index contributed by atoms with van der Waals surface area (Å²) in [4.78, 5) is 7.62. The summed E-state index contributed by atoms with van der Waals surface area (Å²) in [6.07, 6.45) is 8.31. The van der Waals surface area contributed by atoms with Crippen molar-refractivity contribution in [2.24, 2.45) is 11.8 Å². The molecule has 1 aromatic rings. The molecule has 1 saturated carbocycles. The van der Waals surface area contributed by atoms with Gasteiger partial charge in [0.15, 0.2) is 0 Å². The van der Waals surface area contributed by atoms with Crippen LogP contribution >= 0.6 is 0 Å². The maximum atomic E-state index is 12.0. The molecule has 0 aromatic carbocycles. The van der Waals surface area contributed by atoms with Crippen LogP contribution in [0.15, 0.2) is 17.3 Å². The molecule has 2 rings (SSSR count). The number of nitrogens with one attached hydrogen (secondary N) is 2. The molecule has 0 atom stereocenters. The number of nitrogens with two attached hydrogens (primary N) is 1. The van der Waals surface area contributed by atoms with Gasteiger partial charge in [-0.3, -0.25) is 5.43 Å². The molecule has 1 aliphatic rings. The first-order valence-electron chi connectivity index (χ1n) is 6.40. The van der Waals surface area contributed by atoms with E-state index in [0.717, 1.165) is 6.42 Å². The first kappa shape index (κ1) is 14.2. The highest BCUT2D eigenvalue weighted by molar-refractivity contribution is 7.89. The number of nitrogens with zero attached hydrogens (tertiary/aromatic N) is 2. The van der Waals surface area contributed by atoms with Crippen LogP contribution in [0, 0.1) is 5.92 Å². The Morgan fingerprint density at radius 2 is 1.89 bits per heavy atom. The zero-order valence-corrected chi connectivity index (χ0v) is 11.5. The van der Waals surface area contributed by atoms with E-state index in [-0.39, 0.29) is 10.8 Å². The van der Waals surface area contributed by atoms with Crippen LogP contribution in [0.25, 0.3) is 0 Å². The lowest BCUT2D eigenvalue weighted by atomic mass is 10.1. The summed E-state index contributed by atoms with van der Waals surface area (Å²) in [6, 6.07) is 0. The second kappa shape index (κ2) is 6.27. The van der Waals surface area contributed by atoms with Crippen LogP contribution in [-0.2, 0) is 10.0 Å². The minimum absolute atomic E-state index is 0.0536. The van der Waals surface area contributed by atoms with Crippen molar-refractivity contribution in [3.8, 4) is 0 Å².